The predicted molar refractivity (Wildman–Crippen MR) is 72.4 cm³/mol. The predicted octanol–water partition coefficient (Wildman–Crippen LogP) is 4.95. The van der Waals surface area contributed by atoms with E-state index in [0.29, 0.717) is 5.41 Å². The van der Waals surface area contributed by atoms with Gasteiger partial charge in [0.2, 0.25) is 0 Å². The molecule has 0 aromatic heterocycles. The van der Waals surface area contributed by atoms with E-state index in [9.17, 15) is 0 Å². The normalized spacial score (nSPS) is 13.1. The summed E-state index contributed by atoms with van der Waals surface area (Å²) in [5.41, 5.74) is 0.432. The Morgan fingerprint density at radius 2 is 1.62 bits per heavy atom. The van der Waals surface area contributed by atoms with Crippen LogP contribution in [-0.4, -0.2) is 6.61 Å². The molecule has 0 unspecified atom stereocenters. The Kier molecular flexibility index (Phi) is 5.85. The molecular formula is C15H28O. The molecule has 0 bridgehead atoms. The molecule has 0 spiro atoms. The highest BCUT2D eigenvalue weighted by molar-refractivity contribution is 4.96. The number of hydrogen-bond acceptors (Lipinski definition) is 1. The molecule has 0 aromatic carbocycles. The summed E-state index contributed by atoms with van der Waals surface area (Å²) in [4.78, 5) is 0. The van der Waals surface area contributed by atoms with Crippen molar-refractivity contribution in [2.45, 2.75) is 54.4 Å². The van der Waals surface area contributed by atoms with Gasteiger partial charge in [0, 0.05) is 5.41 Å². The molecule has 0 saturated heterocycles. The average molecular weight is 224 g/mol. The first-order chi connectivity index (χ1) is 7.13. The summed E-state index contributed by atoms with van der Waals surface area (Å²) in [5.74, 6) is 0.872. The van der Waals surface area contributed by atoms with Crippen molar-refractivity contribution >= 4 is 0 Å². The van der Waals surface area contributed by atoms with E-state index in [2.05, 4.69) is 60.3 Å². The molecule has 0 amide bonds. The van der Waals surface area contributed by atoms with Crippen LogP contribution in [0.15, 0.2) is 24.5 Å². The van der Waals surface area contributed by atoms with Crippen LogP contribution in [0.1, 0.15) is 54.4 Å². The molecule has 0 atom stereocenters. The van der Waals surface area contributed by atoms with E-state index in [1.165, 1.54) is 0 Å². The Bertz CT molecular complexity index is 235. The minimum absolute atomic E-state index is 0.0507. The Morgan fingerprint density at radius 1 is 1.06 bits per heavy atom. The molecule has 1 heteroatoms. The summed E-state index contributed by atoms with van der Waals surface area (Å²) in [7, 11) is 0. The van der Waals surface area contributed by atoms with Crippen molar-refractivity contribution < 1.29 is 4.74 Å². The molecule has 1 nitrogen and oxygen atoms in total. The molecule has 0 radical (unpaired) electrons. The van der Waals surface area contributed by atoms with Crippen molar-refractivity contribution in [2.24, 2.45) is 10.8 Å². The van der Waals surface area contributed by atoms with Gasteiger partial charge in [-0.1, -0.05) is 60.3 Å². The quantitative estimate of drug-likeness (QED) is 0.365. The summed E-state index contributed by atoms with van der Waals surface area (Å²) in [6.07, 6.45) is 6.52. The maximum atomic E-state index is 5.59. The lowest BCUT2D eigenvalue weighted by Crippen LogP contribution is -2.11. The number of hydrogen-bond donors (Lipinski definition) is 0. The standard InChI is InChI=1S/C15H28O/c1-13(15(5,6)7)16-12-10-8-9-11-14(2,3)4/h8-9H,1,10-12H2,2-7H3/b9-8+. The largest absolute Gasteiger partial charge is 0.498 e. The van der Waals surface area contributed by atoms with Gasteiger partial charge in [-0.15, -0.1) is 0 Å². The molecular weight excluding hydrogens is 196 g/mol. The summed E-state index contributed by atoms with van der Waals surface area (Å²) < 4.78 is 5.59. The van der Waals surface area contributed by atoms with Gasteiger partial charge in [-0.2, -0.15) is 0 Å². The Labute approximate surface area is 102 Å². The van der Waals surface area contributed by atoms with E-state index in [-0.39, 0.29) is 5.41 Å². The van der Waals surface area contributed by atoms with Crippen molar-refractivity contribution in [1.29, 1.82) is 0 Å². The molecule has 0 saturated carbocycles. The van der Waals surface area contributed by atoms with Gasteiger partial charge in [-0.3, -0.25) is 0 Å². The average Bonchev–Trinajstić information content (AvgIpc) is 2.07. The third kappa shape index (κ3) is 8.58. The van der Waals surface area contributed by atoms with Gasteiger partial charge >= 0.3 is 0 Å². The van der Waals surface area contributed by atoms with Gasteiger partial charge in [0.15, 0.2) is 0 Å². The number of ether oxygens (including phenoxy) is 1. The van der Waals surface area contributed by atoms with Gasteiger partial charge in [0.05, 0.1) is 12.4 Å². The smallest absolute Gasteiger partial charge is 0.0941 e. The minimum Gasteiger partial charge on any atom is -0.498 e. The van der Waals surface area contributed by atoms with Crippen LogP contribution in [0.5, 0.6) is 0 Å². The topological polar surface area (TPSA) is 9.23 Å². The first-order valence-corrected chi connectivity index (χ1v) is 6.10. The van der Waals surface area contributed by atoms with Crippen molar-refractivity contribution in [2.75, 3.05) is 6.61 Å². The van der Waals surface area contributed by atoms with Crippen LogP contribution in [0.2, 0.25) is 0 Å². The number of allylic oxidation sites excluding steroid dienone is 2. The zero-order valence-electron chi connectivity index (χ0n) is 11.9. The Balaban J connectivity index is 3.66. The molecule has 0 heterocycles. The minimum atomic E-state index is 0.0507. The monoisotopic (exact) mass is 224 g/mol. The molecule has 0 aromatic rings. The summed E-state index contributed by atoms with van der Waals surface area (Å²) in [5, 5.41) is 0. The lowest BCUT2D eigenvalue weighted by Gasteiger charge is -2.21. The number of rotatable bonds is 5. The summed E-state index contributed by atoms with van der Waals surface area (Å²) >= 11 is 0. The summed E-state index contributed by atoms with van der Waals surface area (Å²) in [6, 6.07) is 0. The molecule has 0 aliphatic rings. The van der Waals surface area contributed by atoms with Gasteiger partial charge in [0.1, 0.15) is 0 Å². The molecule has 0 aliphatic heterocycles. The second-order valence-electron chi connectivity index (χ2n) is 6.55. The van der Waals surface area contributed by atoms with Crippen LogP contribution in [0.4, 0.5) is 0 Å². The molecule has 16 heavy (non-hydrogen) atoms. The fourth-order valence-electron chi connectivity index (χ4n) is 1.02. The zero-order chi connectivity index (χ0) is 12.8. The van der Waals surface area contributed by atoms with Gasteiger partial charge in [0.25, 0.3) is 0 Å². The van der Waals surface area contributed by atoms with Crippen LogP contribution < -0.4 is 0 Å². The van der Waals surface area contributed by atoms with E-state index in [0.717, 1.165) is 25.2 Å². The lowest BCUT2D eigenvalue weighted by molar-refractivity contribution is 0.157. The van der Waals surface area contributed by atoms with Crippen molar-refractivity contribution in [3.05, 3.63) is 24.5 Å². The lowest BCUT2D eigenvalue weighted by atomic mass is 9.92. The molecule has 94 valence electrons. The Morgan fingerprint density at radius 3 is 2.06 bits per heavy atom. The van der Waals surface area contributed by atoms with E-state index in [4.69, 9.17) is 4.74 Å². The van der Waals surface area contributed by atoms with E-state index < -0.39 is 0 Å². The van der Waals surface area contributed by atoms with Gasteiger partial charge < -0.3 is 4.74 Å². The van der Waals surface area contributed by atoms with E-state index >= 15 is 0 Å². The Hall–Kier alpha value is -0.720. The highest BCUT2D eigenvalue weighted by Gasteiger charge is 2.15. The van der Waals surface area contributed by atoms with Crippen LogP contribution >= 0.6 is 0 Å². The van der Waals surface area contributed by atoms with E-state index in [1.54, 1.807) is 0 Å². The SMILES string of the molecule is C=C(OCC/C=C/CC(C)(C)C)C(C)(C)C. The third-order valence-electron chi connectivity index (χ3n) is 2.29. The first-order valence-electron chi connectivity index (χ1n) is 6.10. The first kappa shape index (κ1) is 15.3. The highest BCUT2D eigenvalue weighted by Crippen LogP contribution is 2.24. The van der Waals surface area contributed by atoms with Crippen molar-refractivity contribution in [3.63, 3.8) is 0 Å². The van der Waals surface area contributed by atoms with Crippen molar-refractivity contribution in [1.82, 2.24) is 0 Å². The van der Waals surface area contributed by atoms with Crippen LogP contribution in [0.3, 0.4) is 0 Å². The van der Waals surface area contributed by atoms with Crippen LogP contribution in [0.25, 0.3) is 0 Å². The second kappa shape index (κ2) is 6.12. The summed E-state index contributed by atoms with van der Waals surface area (Å²) in [6.45, 7) is 17.8. The zero-order valence-corrected chi connectivity index (χ0v) is 11.9. The second-order valence-corrected chi connectivity index (χ2v) is 6.55. The van der Waals surface area contributed by atoms with Gasteiger partial charge in [-0.05, 0) is 18.3 Å². The molecule has 0 aliphatic carbocycles. The third-order valence-corrected chi connectivity index (χ3v) is 2.29. The molecule has 0 N–H and O–H groups in total. The fourth-order valence-corrected chi connectivity index (χ4v) is 1.02. The molecule has 0 rings (SSSR count). The maximum Gasteiger partial charge on any atom is 0.0941 e. The van der Waals surface area contributed by atoms with Gasteiger partial charge in [-0.25, -0.2) is 0 Å². The van der Waals surface area contributed by atoms with Crippen LogP contribution in [0, 0.1) is 10.8 Å². The highest BCUT2D eigenvalue weighted by atomic mass is 16.5. The fraction of sp³-hybridized carbons (Fsp3) is 0.733. The molecule has 0 fully saturated rings. The van der Waals surface area contributed by atoms with E-state index in [1.807, 2.05) is 0 Å². The maximum absolute atomic E-state index is 5.59. The van der Waals surface area contributed by atoms with Crippen molar-refractivity contribution in [3.8, 4) is 0 Å². The van der Waals surface area contributed by atoms with Crippen LogP contribution in [-0.2, 0) is 4.74 Å².